The standard InChI is InChI=1S/C21H23FN2O2S/c1-14-18(12-23-10-9-17-7-5-11-27-17)20(21(25)26)15(2)24(14)13-16-6-3-4-8-19(16)22/h3-8,11,23H,9-10,12-13H2,1-2H3,(H,25,26). The molecule has 4 nitrogen and oxygen atoms in total. The zero-order chi connectivity index (χ0) is 19.4. The molecule has 0 saturated carbocycles. The van der Waals surface area contributed by atoms with Crippen LogP contribution in [-0.4, -0.2) is 22.2 Å². The lowest BCUT2D eigenvalue weighted by Gasteiger charge is -2.11. The van der Waals surface area contributed by atoms with Crippen molar-refractivity contribution in [3.63, 3.8) is 0 Å². The zero-order valence-electron chi connectivity index (χ0n) is 15.5. The van der Waals surface area contributed by atoms with E-state index in [0.717, 1.165) is 24.2 Å². The molecule has 0 radical (unpaired) electrons. The zero-order valence-corrected chi connectivity index (χ0v) is 16.3. The molecule has 3 rings (SSSR count). The summed E-state index contributed by atoms with van der Waals surface area (Å²) in [6.45, 7) is 5.25. The molecule has 0 amide bonds. The van der Waals surface area contributed by atoms with Gasteiger partial charge in [0.25, 0.3) is 0 Å². The number of carbonyl (C=O) groups is 1. The van der Waals surface area contributed by atoms with Crippen molar-refractivity contribution < 1.29 is 14.3 Å². The normalized spacial score (nSPS) is 11.1. The number of rotatable bonds is 8. The van der Waals surface area contributed by atoms with Gasteiger partial charge in [0.1, 0.15) is 5.82 Å². The summed E-state index contributed by atoms with van der Waals surface area (Å²) in [5.74, 6) is -1.23. The van der Waals surface area contributed by atoms with E-state index in [1.54, 1.807) is 36.5 Å². The number of halogens is 1. The quantitative estimate of drug-likeness (QED) is 0.565. The summed E-state index contributed by atoms with van der Waals surface area (Å²) in [5.41, 5.74) is 3.14. The third kappa shape index (κ3) is 4.28. The van der Waals surface area contributed by atoms with Gasteiger partial charge in [-0.25, -0.2) is 9.18 Å². The number of aromatic carboxylic acids is 1. The lowest BCUT2D eigenvalue weighted by molar-refractivity contribution is 0.0694. The molecule has 0 bridgehead atoms. The van der Waals surface area contributed by atoms with Crippen molar-refractivity contribution in [2.75, 3.05) is 6.54 Å². The van der Waals surface area contributed by atoms with Gasteiger partial charge in [-0.3, -0.25) is 0 Å². The van der Waals surface area contributed by atoms with Crippen molar-refractivity contribution in [1.82, 2.24) is 9.88 Å². The number of hydrogen-bond acceptors (Lipinski definition) is 3. The topological polar surface area (TPSA) is 54.3 Å². The van der Waals surface area contributed by atoms with E-state index < -0.39 is 5.97 Å². The molecule has 0 aliphatic rings. The van der Waals surface area contributed by atoms with Crippen molar-refractivity contribution in [3.8, 4) is 0 Å². The van der Waals surface area contributed by atoms with E-state index in [1.165, 1.54) is 10.9 Å². The Bertz CT molecular complexity index is 932. The molecule has 1 aromatic carbocycles. The number of carboxylic acid groups (broad SMARTS) is 1. The van der Waals surface area contributed by atoms with Gasteiger partial charge < -0.3 is 15.0 Å². The summed E-state index contributed by atoms with van der Waals surface area (Å²) < 4.78 is 15.9. The smallest absolute Gasteiger partial charge is 0.337 e. The number of nitrogens with one attached hydrogen (secondary N) is 1. The monoisotopic (exact) mass is 386 g/mol. The second kappa shape index (κ2) is 8.50. The van der Waals surface area contributed by atoms with Crippen LogP contribution < -0.4 is 5.32 Å². The maximum Gasteiger partial charge on any atom is 0.337 e. The number of benzene rings is 1. The molecule has 2 N–H and O–H groups in total. The van der Waals surface area contributed by atoms with E-state index in [1.807, 2.05) is 22.9 Å². The number of thiophene rings is 1. The Kier molecular flexibility index (Phi) is 6.08. The molecule has 3 aromatic rings. The Balaban J connectivity index is 1.80. The molecule has 0 atom stereocenters. The maximum absolute atomic E-state index is 14.0. The summed E-state index contributed by atoms with van der Waals surface area (Å²) in [6.07, 6.45) is 0.911. The number of carboxylic acids is 1. The van der Waals surface area contributed by atoms with Gasteiger partial charge >= 0.3 is 5.97 Å². The molecule has 0 spiro atoms. The Morgan fingerprint density at radius 3 is 2.63 bits per heavy atom. The fourth-order valence-electron chi connectivity index (χ4n) is 3.36. The molecule has 0 aliphatic carbocycles. The lowest BCUT2D eigenvalue weighted by Crippen LogP contribution is -2.18. The predicted molar refractivity (Wildman–Crippen MR) is 106 cm³/mol. The Hall–Kier alpha value is -2.44. The Labute approximate surface area is 162 Å². The fraction of sp³-hybridized carbons (Fsp3) is 0.286. The molecule has 0 aliphatic heterocycles. The van der Waals surface area contributed by atoms with E-state index in [9.17, 15) is 14.3 Å². The van der Waals surface area contributed by atoms with Gasteiger partial charge in [0.2, 0.25) is 0 Å². The minimum atomic E-state index is -0.946. The Morgan fingerprint density at radius 2 is 1.96 bits per heavy atom. The summed E-state index contributed by atoms with van der Waals surface area (Å²) >= 11 is 1.72. The van der Waals surface area contributed by atoms with Crippen LogP contribution in [0.3, 0.4) is 0 Å². The third-order valence-electron chi connectivity index (χ3n) is 4.84. The van der Waals surface area contributed by atoms with Crippen molar-refractivity contribution >= 4 is 17.3 Å². The highest BCUT2D eigenvalue weighted by molar-refractivity contribution is 7.09. The summed E-state index contributed by atoms with van der Waals surface area (Å²) in [4.78, 5) is 13.1. The van der Waals surface area contributed by atoms with Crippen LogP contribution >= 0.6 is 11.3 Å². The number of nitrogens with zero attached hydrogens (tertiary/aromatic N) is 1. The number of aromatic nitrogens is 1. The molecule has 27 heavy (non-hydrogen) atoms. The second-order valence-corrected chi connectivity index (χ2v) is 7.55. The first kappa shape index (κ1) is 19.3. The fourth-order valence-corrected chi connectivity index (χ4v) is 4.07. The first-order valence-corrected chi connectivity index (χ1v) is 9.75. The van der Waals surface area contributed by atoms with Crippen LogP contribution in [0.5, 0.6) is 0 Å². The highest BCUT2D eigenvalue weighted by Gasteiger charge is 2.22. The van der Waals surface area contributed by atoms with Gasteiger partial charge in [0.05, 0.1) is 12.1 Å². The van der Waals surface area contributed by atoms with Crippen molar-refractivity contribution in [2.45, 2.75) is 33.4 Å². The minimum absolute atomic E-state index is 0.280. The van der Waals surface area contributed by atoms with E-state index in [-0.39, 0.29) is 5.82 Å². The van der Waals surface area contributed by atoms with E-state index in [2.05, 4.69) is 11.4 Å². The predicted octanol–water partition coefficient (Wildman–Crippen LogP) is 4.38. The third-order valence-corrected chi connectivity index (χ3v) is 5.78. The highest BCUT2D eigenvalue weighted by Crippen LogP contribution is 2.24. The molecule has 2 heterocycles. The largest absolute Gasteiger partial charge is 0.478 e. The molecule has 0 fully saturated rings. The van der Waals surface area contributed by atoms with Crippen LogP contribution in [-0.2, 0) is 19.5 Å². The molecule has 6 heteroatoms. The summed E-state index contributed by atoms with van der Waals surface area (Å²) in [5, 5.41) is 15.1. The van der Waals surface area contributed by atoms with Crippen LogP contribution in [0, 0.1) is 19.7 Å². The number of hydrogen-bond donors (Lipinski definition) is 2. The maximum atomic E-state index is 14.0. The molecular weight excluding hydrogens is 363 g/mol. The van der Waals surface area contributed by atoms with Gasteiger partial charge in [-0.05, 0) is 37.8 Å². The van der Waals surface area contributed by atoms with Crippen molar-refractivity contribution in [1.29, 1.82) is 0 Å². The van der Waals surface area contributed by atoms with Crippen LogP contribution in [0.4, 0.5) is 4.39 Å². The van der Waals surface area contributed by atoms with Crippen LogP contribution in [0.2, 0.25) is 0 Å². The highest BCUT2D eigenvalue weighted by atomic mass is 32.1. The van der Waals surface area contributed by atoms with Crippen LogP contribution in [0.1, 0.15) is 37.7 Å². The van der Waals surface area contributed by atoms with Crippen LogP contribution in [0.15, 0.2) is 41.8 Å². The van der Waals surface area contributed by atoms with Gasteiger partial charge in [-0.15, -0.1) is 11.3 Å². The van der Waals surface area contributed by atoms with E-state index in [0.29, 0.717) is 29.9 Å². The summed E-state index contributed by atoms with van der Waals surface area (Å²) in [7, 11) is 0. The second-order valence-electron chi connectivity index (χ2n) is 6.51. The first-order chi connectivity index (χ1) is 13.0. The van der Waals surface area contributed by atoms with Gasteiger partial charge in [-0.2, -0.15) is 0 Å². The summed E-state index contributed by atoms with van der Waals surface area (Å²) in [6, 6.07) is 10.7. The molecular formula is C21H23FN2O2S. The van der Waals surface area contributed by atoms with Crippen LogP contribution in [0.25, 0.3) is 0 Å². The molecule has 0 unspecified atom stereocenters. The minimum Gasteiger partial charge on any atom is -0.478 e. The SMILES string of the molecule is Cc1c(CNCCc2cccs2)c(C(=O)O)c(C)n1Cc1ccccc1F. The molecule has 0 saturated heterocycles. The van der Waals surface area contributed by atoms with E-state index >= 15 is 0 Å². The average molecular weight is 386 g/mol. The van der Waals surface area contributed by atoms with Crippen molar-refractivity contribution in [3.05, 3.63) is 80.6 Å². The van der Waals surface area contributed by atoms with Gasteiger partial charge in [-0.1, -0.05) is 24.3 Å². The molecule has 2 aromatic heterocycles. The Morgan fingerprint density at radius 1 is 1.19 bits per heavy atom. The van der Waals surface area contributed by atoms with Gasteiger partial charge in [0.15, 0.2) is 0 Å². The van der Waals surface area contributed by atoms with Crippen molar-refractivity contribution in [2.24, 2.45) is 0 Å². The van der Waals surface area contributed by atoms with E-state index in [4.69, 9.17) is 0 Å². The first-order valence-electron chi connectivity index (χ1n) is 8.87. The lowest BCUT2D eigenvalue weighted by atomic mass is 10.1. The molecule has 142 valence electrons. The van der Waals surface area contributed by atoms with Gasteiger partial charge in [0, 0.05) is 40.5 Å². The average Bonchev–Trinajstić information content (AvgIpc) is 3.22.